The minimum absolute atomic E-state index is 0.441. The Morgan fingerprint density at radius 1 is 1.47 bits per heavy atom. The summed E-state index contributed by atoms with van der Waals surface area (Å²) in [7, 11) is 1.58. The van der Waals surface area contributed by atoms with Crippen molar-refractivity contribution in [2.75, 3.05) is 20.1 Å². The molecule has 0 spiro atoms. The molecule has 6 heteroatoms. The number of alkyl carbamates (subject to hydrolysis) is 1. The first-order chi connectivity index (χ1) is 6.85. The van der Waals surface area contributed by atoms with E-state index >= 15 is 0 Å². The number of nitrogens with zero attached hydrogens (tertiary/aromatic N) is 2. The lowest BCUT2D eigenvalue weighted by Crippen LogP contribution is -2.33. The summed E-state index contributed by atoms with van der Waals surface area (Å²) < 4.78 is 5.02. The molecule has 0 aromatic heterocycles. The van der Waals surface area contributed by atoms with Gasteiger partial charge in [0, 0.05) is 20.1 Å². The second kappa shape index (κ2) is 6.21. The van der Waals surface area contributed by atoms with Crippen LogP contribution in [0, 0.1) is 4.91 Å². The molecule has 15 heavy (non-hydrogen) atoms. The van der Waals surface area contributed by atoms with Crippen LogP contribution in [0.15, 0.2) is 5.29 Å². The maximum atomic E-state index is 11.1. The fourth-order valence-corrected chi connectivity index (χ4v) is 0.853. The van der Waals surface area contributed by atoms with Crippen LogP contribution in [-0.2, 0) is 4.74 Å². The van der Waals surface area contributed by atoms with E-state index in [1.807, 2.05) is 0 Å². The highest BCUT2D eigenvalue weighted by Gasteiger charge is 2.15. The third-order valence-corrected chi connectivity index (χ3v) is 1.47. The van der Waals surface area contributed by atoms with Crippen molar-refractivity contribution < 1.29 is 9.53 Å². The van der Waals surface area contributed by atoms with E-state index in [4.69, 9.17) is 4.74 Å². The summed E-state index contributed by atoms with van der Waals surface area (Å²) in [4.78, 5) is 21.1. The number of nitrogens with one attached hydrogen (secondary N) is 1. The normalized spacial score (nSPS) is 10.7. The zero-order valence-electron chi connectivity index (χ0n) is 9.74. The van der Waals surface area contributed by atoms with E-state index in [9.17, 15) is 9.70 Å². The van der Waals surface area contributed by atoms with Crippen molar-refractivity contribution in [3.8, 4) is 0 Å². The van der Waals surface area contributed by atoms with Gasteiger partial charge in [-0.2, -0.15) is 0 Å². The van der Waals surface area contributed by atoms with Crippen LogP contribution in [0.2, 0.25) is 0 Å². The van der Waals surface area contributed by atoms with E-state index in [0.717, 1.165) is 0 Å². The maximum absolute atomic E-state index is 11.1. The van der Waals surface area contributed by atoms with Crippen molar-refractivity contribution in [2.24, 2.45) is 5.29 Å². The van der Waals surface area contributed by atoms with Gasteiger partial charge in [-0.05, 0) is 27.2 Å². The van der Waals surface area contributed by atoms with Crippen molar-refractivity contribution in [1.29, 1.82) is 0 Å². The van der Waals surface area contributed by atoms with Gasteiger partial charge < -0.3 is 10.1 Å². The summed E-state index contributed by atoms with van der Waals surface area (Å²) in [5.41, 5.74) is -0.481. The molecule has 0 aromatic rings. The molecule has 0 aliphatic heterocycles. The topological polar surface area (TPSA) is 71.0 Å². The third-order valence-electron chi connectivity index (χ3n) is 1.47. The predicted molar refractivity (Wildman–Crippen MR) is 57.3 cm³/mol. The highest BCUT2D eigenvalue weighted by molar-refractivity contribution is 5.67. The molecule has 88 valence electrons. The standard InChI is InChI=1S/C9H19N3O3/c1-9(2,3)15-8(13)10-6-5-7-12(4)11-14/h5-7H2,1-4H3,(H,10,13). The second-order valence-corrected chi connectivity index (χ2v) is 4.25. The average Bonchev–Trinajstić information content (AvgIpc) is 2.09. The zero-order chi connectivity index (χ0) is 11.9. The van der Waals surface area contributed by atoms with Gasteiger partial charge in [-0.15, -0.1) is 4.91 Å². The van der Waals surface area contributed by atoms with Gasteiger partial charge in [-0.1, -0.05) is 0 Å². The number of ether oxygens (including phenoxy) is 1. The van der Waals surface area contributed by atoms with E-state index in [2.05, 4.69) is 10.6 Å². The quantitative estimate of drug-likeness (QED) is 0.430. The SMILES string of the molecule is CN(CCCNC(=O)OC(C)(C)C)N=O. The smallest absolute Gasteiger partial charge is 0.407 e. The van der Waals surface area contributed by atoms with Crippen LogP contribution < -0.4 is 5.32 Å². The molecule has 0 aliphatic rings. The van der Waals surface area contributed by atoms with Crippen LogP contribution in [0.3, 0.4) is 0 Å². The summed E-state index contributed by atoms with van der Waals surface area (Å²) in [6, 6.07) is 0. The first kappa shape index (κ1) is 13.7. The highest BCUT2D eigenvalue weighted by atomic mass is 16.6. The van der Waals surface area contributed by atoms with Crippen molar-refractivity contribution in [2.45, 2.75) is 32.8 Å². The van der Waals surface area contributed by atoms with Gasteiger partial charge >= 0.3 is 6.09 Å². The first-order valence-electron chi connectivity index (χ1n) is 4.86. The fourth-order valence-electron chi connectivity index (χ4n) is 0.853. The number of hydrogen-bond donors (Lipinski definition) is 1. The number of carbonyl (C=O) groups is 1. The predicted octanol–water partition coefficient (Wildman–Crippen LogP) is 1.51. The van der Waals surface area contributed by atoms with Gasteiger partial charge in [0.2, 0.25) is 0 Å². The van der Waals surface area contributed by atoms with Gasteiger partial charge in [0.1, 0.15) is 5.60 Å². The van der Waals surface area contributed by atoms with Crippen LogP contribution >= 0.6 is 0 Å². The van der Waals surface area contributed by atoms with Crippen molar-refractivity contribution in [3.05, 3.63) is 4.91 Å². The summed E-state index contributed by atoms with van der Waals surface area (Å²) in [6.07, 6.45) is 0.214. The van der Waals surface area contributed by atoms with Gasteiger partial charge in [0.15, 0.2) is 0 Å². The fraction of sp³-hybridized carbons (Fsp3) is 0.889. The van der Waals surface area contributed by atoms with Crippen LogP contribution in [0.4, 0.5) is 4.79 Å². The number of hydrogen-bond acceptors (Lipinski definition) is 4. The molecule has 0 atom stereocenters. The summed E-state index contributed by atoms with van der Waals surface area (Å²) in [6.45, 7) is 6.39. The lowest BCUT2D eigenvalue weighted by molar-refractivity contribution is 0.0526. The van der Waals surface area contributed by atoms with Crippen LogP contribution in [0.5, 0.6) is 0 Å². The van der Waals surface area contributed by atoms with E-state index in [1.165, 1.54) is 5.01 Å². The van der Waals surface area contributed by atoms with Crippen molar-refractivity contribution in [1.82, 2.24) is 10.3 Å². The van der Waals surface area contributed by atoms with Gasteiger partial charge in [0.25, 0.3) is 0 Å². The Morgan fingerprint density at radius 2 is 2.07 bits per heavy atom. The van der Waals surface area contributed by atoms with E-state index in [-0.39, 0.29) is 0 Å². The Morgan fingerprint density at radius 3 is 2.53 bits per heavy atom. The Kier molecular flexibility index (Phi) is 5.66. The molecule has 0 unspecified atom stereocenters. The summed E-state index contributed by atoms with van der Waals surface area (Å²) in [5, 5.41) is 6.57. The van der Waals surface area contributed by atoms with E-state index in [1.54, 1.807) is 27.8 Å². The van der Waals surface area contributed by atoms with Gasteiger partial charge in [-0.25, -0.2) is 4.79 Å². The first-order valence-corrected chi connectivity index (χ1v) is 4.86. The average molecular weight is 217 g/mol. The minimum atomic E-state index is -0.481. The Labute approximate surface area is 89.9 Å². The molecule has 0 aliphatic carbocycles. The largest absolute Gasteiger partial charge is 0.444 e. The number of amides is 1. The van der Waals surface area contributed by atoms with Crippen molar-refractivity contribution in [3.63, 3.8) is 0 Å². The third kappa shape index (κ3) is 8.99. The highest BCUT2D eigenvalue weighted by Crippen LogP contribution is 2.06. The number of rotatable bonds is 5. The van der Waals surface area contributed by atoms with Crippen LogP contribution in [-0.4, -0.2) is 36.8 Å². The monoisotopic (exact) mass is 217 g/mol. The lowest BCUT2D eigenvalue weighted by atomic mass is 10.2. The summed E-state index contributed by atoms with van der Waals surface area (Å²) in [5.74, 6) is 0. The summed E-state index contributed by atoms with van der Waals surface area (Å²) >= 11 is 0. The number of carbonyl (C=O) groups excluding carboxylic acids is 1. The minimum Gasteiger partial charge on any atom is -0.444 e. The molecular formula is C9H19N3O3. The van der Waals surface area contributed by atoms with E-state index in [0.29, 0.717) is 19.5 Å². The molecular weight excluding hydrogens is 198 g/mol. The van der Waals surface area contributed by atoms with Gasteiger partial charge in [0.05, 0.1) is 5.29 Å². The Hall–Kier alpha value is -1.33. The molecule has 0 radical (unpaired) electrons. The molecule has 0 saturated heterocycles. The second-order valence-electron chi connectivity index (χ2n) is 4.25. The molecule has 0 fully saturated rings. The van der Waals surface area contributed by atoms with Crippen molar-refractivity contribution >= 4 is 6.09 Å². The molecule has 6 nitrogen and oxygen atoms in total. The molecule has 1 N–H and O–H groups in total. The van der Waals surface area contributed by atoms with Crippen LogP contribution in [0.25, 0.3) is 0 Å². The Bertz CT molecular complexity index is 213. The van der Waals surface area contributed by atoms with Gasteiger partial charge in [-0.3, -0.25) is 5.01 Å². The Balaban J connectivity index is 3.52. The molecule has 0 rings (SSSR count). The lowest BCUT2D eigenvalue weighted by Gasteiger charge is -2.19. The number of nitroso groups, excluding NO2 is 1. The van der Waals surface area contributed by atoms with Crippen LogP contribution in [0.1, 0.15) is 27.2 Å². The molecule has 0 aromatic carbocycles. The zero-order valence-corrected chi connectivity index (χ0v) is 9.74. The molecule has 0 heterocycles. The molecule has 1 amide bonds. The van der Waals surface area contributed by atoms with E-state index < -0.39 is 11.7 Å². The molecule has 0 saturated carbocycles. The maximum Gasteiger partial charge on any atom is 0.407 e. The molecule has 0 bridgehead atoms.